The molecule has 1 aliphatic heterocycles. The molecule has 9 aromatic carbocycles. The van der Waals surface area contributed by atoms with Crippen molar-refractivity contribution in [2.75, 3.05) is 9.80 Å². The smallest absolute Gasteiger partial charge is 0.159 e. The summed E-state index contributed by atoms with van der Waals surface area (Å²) in [5.41, 5.74) is 14.6. The Bertz CT molecular complexity index is 3140. The van der Waals surface area contributed by atoms with Crippen molar-refractivity contribution in [3.05, 3.63) is 241 Å². The molecule has 1 aromatic heterocycles. The van der Waals surface area contributed by atoms with Gasteiger partial charge in [0.05, 0.1) is 11.1 Å². The highest BCUT2D eigenvalue weighted by atomic mass is 16.5. The van der Waals surface area contributed by atoms with Crippen molar-refractivity contribution in [3.63, 3.8) is 0 Å². The van der Waals surface area contributed by atoms with E-state index in [1.54, 1.807) is 0 Å². The molecule has 0 N–H and O–H groups in total. The van der Waals surface area contributed by atoms with Gasteiger partial charge in [0, 0.05) is 50.3 Å². The minimum absolute atomic E-state index is 0.550. The SMILES string of the molecule is c1ccc(N(c2ccccc2)c2cccc(N(c3ccc4c(c3)-c3ccccc3C43c4ccccc4Oc4ccccc43)c3cccc4c3oc3ccccc34)c2)cc1. The molecular weight excluding hydrogens is 721 g/mol. The van der Waals surface area contributed by atoms with E-state index in [1.807, 2.05) is 6.07 Å². The van der Waals surface area contributed by atoms with Crippen LogP contribution >= 0.6 is 0 Å². The fourth-order valence-corrected chi connectivity index (χ4v) is 9.69. The average molecular weight is 757 g/mol. The van der Waals surface area contributed by atoms with Crippen molar-refractivity contribution in [2.24, 2.45) is 0 Å². The Balaban J connectivity index is 1.12. The van der Waals surface area contributed by atoms with Crippen LogP contribution in [0.15, 0.2) is 223 Å². The second kappa shape index (κ2) is 13.1. The fourth-order valence-electron chi connectivity index (χ4n) is 9.69. The third-order valence-corrected chi connectivity index (χ3v) is 12.1. The maximum atomic E-state index is 6.77. The van der Waals surface area contributed by atoms with Crippen LogP contribution in [0.1, 0.15) is 22.3 Å². The number of benzene rings is 9. The molecule has 10 aromatic rings. The number of hydrogen-bond acceptors (Lipinski definition) is 4. The van der Waals surface area contributed by atoms with E-state index in [-0.39, 0.29) is 0 Å². The van der Waals surface area contributed by atoms with Crippen molar-refractivity contribution < 1.29 is 9.15 Å². The lowest BCUT2D eigenvalue weighted by molar-refractivity contribution is 0.436. The normalized spacial score (nSPS) is 13.0. The highest BCUT2D eigenvalue weighted by Gasteiger charge is 2.51. The highest BCUT2D eigenvalue weighted by molar-refractivity contribution is 6.10. The summed E-state index contributed by atoms with van der Waals surface area (Å²) in [5.74, 6) is 1.77. The van der Waals surface area contributed by atoms with Gasteiger partial charge >= 0.3 is 0 Å². The molecule has 1 spiro atoms. The topological polar surface area (TPSA) is 28.9 Å². The van der Waals surface area contributed by atoms with Gasteiger partial charge < -0.3 is 19.0 Å². The maximum absolute atomic E-state index is 6.77. The highest BCUT2D eigenvalue weighted by Crippen LogP contribution is 2.62. The predicted molar refractivity (Wildman–Crippen MR) is 240 cm³/mol. The summed E-state index contributed by atoms with van der Waals surface area (Å²) in [6.07, 6.45) is 0. The molecule has 0 fully saturated rings. The molecule has 59 heavy (non-hydrogen) atoms. The lowest BCUT2D eigenvalue weighted by Crippen LogP contribution is -2.32. The van der Waals surface area contributed by atoms with Crippen molar-refractivity contribution in [1.82, 2.24) is 0 Å². The van der Waals surface area contributed by atoms with Gasteiger partial charge in [-0.25, -0.2) is 0 Å². The van der Waals surface area contributed by atoms with E-state index in [0.717, 1.165) is 78.7 Å². The minimum Gasteiger partial charge on any atom is -0.457 e. The molecule has 0 unspecified atom stereocenters. The molecule has 2 aliphatic rings. The summed E-state index contributed by atoms with van der Waals surface area (Å²) in [7, 11) is 0. The van der Waals surface area contributed by atoms with E-state index >= 15 is 0 Å². The third-order valence-electron chi connectivity index (χ3n) is 12.1. The Morgan fingerprint density at radius 2 is 0.864 bits per heavy atom. The Labute approximate surface area is 342 Å². The third kappa shape index (κ3) is 4.96. The molecule has 4 heteroatoms. The van der Waals surface area contributed by atoms with Crippen LogP contribution < -0.4 is 14.5 Å². The number of rotatable bonds is 6. The zero-order valence-electron chi connectivity index (χ0n) is 32.0. The zero-order valence-corrected chi connectivity index (χ0v) is 32.0. The fraction of sp³-hybridized carbons (Fsp3) is 0.0182. The second-order valence-corrected chi connectivity index (χ2v) is 15.2. The lowest BCUT2D eigenvalue weighted by atomic mass is 9.66. The van der Waals surface area contributed by atoms with Crippen LogP contribution in [0.3, 0.4) is 0 Å². The number of hydrogen-bond donors (Lipinski definition) is 0. The molecule has 4 nitrogen and oxygen atoms in total. The number of para-hydroxylation sites is 6. The van der Waals surface area contributed by atoms with Crippen molar-refractivity contribution >= 4 is 56.1 Å². The molecule has 0 radical (unpaired) electrons. The second-order valence-electron chi connectivity index (χ2n) is 15.2. The Morgan fingerprint density at radius 1 is 0.339 bits per heavy atom. The average Bonchev–Trinajstić information content (AvgIpc) is 3.82. The van der Waals surface area contributed by atoms with E-state index in [0.29, 0.717) is 0 Å². The first-order valence-electron chi connectivity index (χ1n) is 20.1. The van der Waals surface area contributed by atoms with Crippen LogP contribution in [0.5, 0.6) is 11.5 Å². The Kier molecular flexibility index (Phi) is 7.41. The van der Waals surface area contributed by atoms with E-state index in [2.05, 4.69) is 222 Å². The molecule has 0 bridgehead atoms. The van der Waals surface area contributed by atoms with Crippen LogP contribution in [0.4, 0.5) is 34.1 Å². The number of fused-ring (bicyclic) bond motifs is 12. The van der Waals surface area contributed by atoms with Gasteiger partial charge in [0.2, 0.25) is 0 Å². The molecule has 2 heterocycles. The van der Waals surface area contributed by atoms with Crippen molar-refractivity contribution in [2.45, 2.75) is 5.41 Å². The number of furan rings is 1. The largest absolute Gasteiger partial charge is 0.457 e. The maximum Gasteiger partial charge on any atom is 0.159 e. The molecule has 0 atom stereocenters. The van der Waals surface area contributed by atoms with Gasteiger partial charge in [-0.05, 0) is 101 Å². The molecule has 278 valence electrons. The predicted octanol–water partition coefficient (Wildman–Crippen LogP) is 15.0. The van der Waals surface area contributed by atoms with Crippen LogP contribution in [0.2, 0.25) is 0 Å². The van der Waals surface area contributed by atoms with Crippen LogP contribution in [0.25, 0.3) is 33.1 Å². The number of anilines is 6. The Morgan fingerprint density at radius 3 is 1.59 bits per heavy atom. The minimum atomic E-state index is -0.550. The lowest BCUT2D eigenvalue weighted by Gasteiger charge is -2.39. The van der Waals surface area contributed by atoms with Gasteiger partial charge in [-0.1, -0.05) is 140 Å². The van der Waals surface area contributed by atoms with Gasteiger partial charge in [-0.2, -0.15) is 0 Å². The molecule has 0 saturated heterocycles. The molecule has 0 saturated carbocycles. The first-order valence-corrected chi connectivity index (χ1v) is 20.1. The molecule has 1 aliphatic carbocycles. The van der Waals surface area contributed by atoms with E-state index < -0.39 is 5.41 Å². The quantitative estimate of drug-likeness (QED) is 0.169. The molecular formula is C55H36N2O2. The first-order chi connectivity index (χ1) is 29.3. The molecule has 0 amide bonds. The first kappa shape index (κ1) is 33.3. The monoisotopic (exact) mass is 756 g/mol. The van der Waals surface area contributed by atoms with Crippen LogP contribution in [0, 0.1) is 0 Å². The van der Waals surface area contributed by atoms with Crippen molar-refractivity contribution in [1.29, 1.82) is 0 Å². The summed E-state index contributed by atoms with van der Waals surface area (Å²) in [5, 5.41) is 2.18. The van der Waals surface area contributed by atoms with Crippen molar-refractivity contribution in [3.8, 4) is 22.6 Å². The summed E-state index contributed by atoms with van der Waals surface area (Å²) in [6.45, 7) is 0. The summed E-state index contributed by atoms with van der Waals surface area (Å²) < 4.78 is 13.4. The summed E-state index contributed by atoms with van der Waals surface area (Å²) in [4.78, 5) is 4.67. The van der Waals surface area contributed by atoms with Gasteiger partial charge in [-0.3, -0.25) is 0 Å². The number of nitrogens with zero attached hydrogens (tertiary/aromatic N) is 2. The number of ether oxygens (including phenoxy) is 1. The Hall–Kier alpha value is -7.82. The van der Waals surface area contributed by atoms with Gasteiger partial charge in [0.1, 0.15) is 17.1 Å². The van der Waals surface area contributed by atoms with Crippen LogP contribution in [-0.2, 0) is 5.41 Å². The zero-order chi connectivity index (χ0) is 38.9. The standard InChI is InChI=1S/C55H36N2O2/c1-3-17-37(18-4-1)56(38-19-5-2-6-20-38)39-21-15-22-40(35-39)57(50-29-16-25-44-43-24-8-12-30-51(43)59-54(44)50)41-33-34-47-45(36-41)42-23-7-9-26-46(42)55(47)48-27-10-13-31-52(48)58-53-32-14-11-28-49(53)55/h1-36H. The summed E-state index contributed by atoms with van der Waals surface area (Å²) in [6, 6.07) is 77.7. The van der Waals surface area contributed by atoms with E-state index in [1.165, 1.54) is 22.3 Å². The van der Waals surface area contributed by atoms with E-state index in [4.69, 9.17) is 9.15 Å². The summed E-state index contributed by atoms with van der Waals surface area (Å²) >= 11 is 0. The van der Waals surface area contributed by atoms with Gasteiger partial charge in [-0.15, -0.1) is 0 Å². The van der Waals surface area contributed by atoms with Crippen LogP contribution in [-0.4, -0.2) is 0 Å². The van der Waals surface area contributed by atoms with E-state index in [9.17, 15) is 0 Å². The molecule has 12 rings (SSSR count). The van der Waals surface area contributed by atoms with Gasteiger partial charge in [0.25, 0.3) is 0 Å². The van der Waals surface area contributed by atoms with Gasteiger partial charge in [0.15, 0.2) is 5.58 Å².